The Morgan fingerprint density at radius 1 is 1.32 bits per heavy atom. The van der Waals surface area contributed by atoms with Crippen molar-refractivity contribution in [2.24, 2.45) is 0 Å². The fraction of sp³-hybridized carbons (Fsp3) is 0.929. The number of nitrogens with one attached hydrogen (secondary N) is 1. The maximum Gasteiger partial charge on any atom is 0.407 e. The highest BCUT2D eigenvalue weighted by Crippen LogP contribution is 2.17. The average Bonchev–Trinajstić information content (AvgIpc) is 2.23. The van der Waals surface area contributed by atoms with Crippen molar-refractivity contribution >= 4 is 6.09 Å². The summed E-state index contributed by atoms with van der Waals surface area (Å²) in [6.45, 7) is 15.1. The summed E-state index contributed by atoms with van der Waals surface area (Å²) in [7, 11) is 0. The van der Waals surface area contributed by atoms with Gasteiger partial charge in [-0.15, -0.1) is 0 Å². The molecule has 1 atom stereocenters. The summed E-state index contributed by atoms with van der Waals surface area (Å²) in [4.78, 5) is 14.0. The van der Waals surface area contributed by atoms with E-state index in [2.05, 4.69) is 31.0 Å². The first-order valence-corrected chi connectivity index (χ1v) is 6.91. The molecule has 5 heteroatoms. The third-order valence-corrected chi connectivity index (χ3v) is 2.96. The lowest BCUT2D eigenvalue weighted by Gasteiger charge is -2.41. The Morgan fingerprint density at radius 2 is 1.95 bits per heavy atom. The maximum absolute atomic E-state index is 11.6. The Labute approximate surface area is 116 Å². The third-order valence-electron chi connectivity index (χ3n) is 2.96. The van der Waals surface area contributed by atoms with Crippen LogP contribution < -0.4 is 5.32 Å². The van der Waals surface area contributed by atoms with E-state index in [4.69, 9.17) is 9.47 Å². The highest BCUT2D eigenvalue weighted by Gasteiger charge is 2.28. The Morgan fingerprint density at radius 3 is 2.47 bits per heavy atom. The first kappa shape index (κ1) is 16.2. The summed E-state index contributed by atoms with van der Waals surface area (Å²) in [5, 5.41) is 2.77. The number of amides is 1. The molecule has 0 aromatic heterocycles. The zero-order valence-electron chi connectivity index (χ0n) is 13.1. The van der Waals surface area contributed by atoms with Gasteiger partial charge in [0.05, 0.1) is 12.7 Å². The van der Waals surface area contributed by atoms with Gasteiger partial charge in [0.25, 0.3) is 0 Å². The molecule has 1 unspecified atom stereocenters. The summed E-state index contributed by atoms with van der Waals surface area (Å²) in [6, 6.07) is 0. The number of hydrogen-bond acceptors (Lipinski definition) is 4. The van der Waals surface area contributed by atoms with E-state index in [9.17, 15) is 4.79 Å². The molecule has 1 aliphatic heterocycles. The summed E-state index contributed by atoms with van der Waals surface area (Å²) in [5.74, 6) is 0. The minimum Gasteiger partial charge on any atom is -0.444 e. The minimum absolute atomic E-state index is 0.0282. The first-order valence-electron chi connectivity index (χ1n) is 6.91. The van der Waals surface area contributed by atoms with Crippen LogP contribution in [0.3, 0.4) is 0 Å². The maximum atomic E-state index is 11.6. The van der Waals surface area contributed by atoms with Crippen molar-refractivity contribution in [1.29, 1.82) is 0 Å². The molecular weight excluding hydrogens is 244 g/mol. The molecule has 0 aliphatic carbocycles. The fourth-order valence-corrected chi connectivity index (χ4v) is 1.96. The second kappa shape index (κ2) is 6.09. The number of ether oxygens (including phenoxy) is 2. The van der Waals surface area contributed by atoms with Gasteiger partial charge >= 0.3 is 6.09 Å². The number of carbonyl (C=O) groups excluding carboxylic acids is 1. The second-order valence-electron chi connectivity index (χ2n) is 6.99. The number of rotatable bonds is 2. The van der Waals surface area contributed by atoms with Crippen LogP contribution in [0.2, 0.25) is 0 Å². The standard InChI is InChI=1S/C14H28N2O3/c1-13(2,3)16-7-8-18-11(10-16)9-15-12(17)19-14(4,5)6/h11H,7-10H2,1-6H3,(H,15,17). The molecule has 19 heavy (non-hydrogen) atoms. The molecule has 1 heterocycles. The van der Waals surface area contributed by atoms with E-state index < -0.39 is 5.60 Å². The van der Waals surface area contributed by atoms with Gasteiger partial charge in [0, 0.05) is 25.2 Å². The fourth-order valence-electron chi connectivity index (χ4n) is 1.96. The lowest BCUT2D eigenvalue weighted by atomic mass is 10.0. The number of hydrogen-bond donors (Lipinski definition) is 1. The topological polar surface area (TPSA) is 50.8 Å². The van der Waals surface area contributed by atoms with E-state index in [0.717, 1.165) is 13.1 Å². The van der Waals surface area contributed by atoms with Crippen LogP contribution in [0, 0.1) is 0 Å². The predicted octanol–water partition coefficient (Wildman–Crippen LogP) is 2.01. The van der Waals surface area contributed by atoms with E-state index in [1.54, 1.807) is 0 Å². The van der Waals surface area contributed by atoms with Crippen LogP contribution in [0.5, 0.6) is 0 Å². The highest BCUT2D eigenvalue weighted by atomic mass is 16.6. The van der Waals surface area contributed by atoms with Gasteiger partial charge in [-0.05, 0) is 41.5 Å². The Hall–Kier alpha value is -0.810. The third kappa shape index (κ3) is 6.25. The van der Waals surface area contributed by atoms with E-state index in [0.29, 0.717) is 13.2 Å². The zero-order chi connectivity index (χ0) is 14.7. The highest BCUT2D eigenvalue weighted by molar-refractivity contribution is 5.67. The molecule has 1 aliphatic rings. The molecule has 0 aromatic rings. The molecule has 0 aromatic carbocycles. The molecule has 1 amide bonds. The molecule has 1 N–H and O–H groups in total. The van der Waals surface area contributed by atoms with Crippen molar-refractivity contribution in [2.45, 2.75) is 58.8 Å². The normalized spacial score (nSPS) is 22.1. The monoisotopic (exact) mass is 272 g/mol. The SMILES string of the molecule is CC(C)(C)OC(=O)NCC1CN(C(C)(C)C)CCO1. The molecule has 0 bridgehead atoms. The van der Waals surface area contributed by atoms with Gasteiger partial charge in [-0.25, -0.2) is 4.79 Å². The summed E-state index contributed by atoms with van der Waals surface area (Å²) < 4.78 is 10.9. The summed E-state index contributed by atoms with van der Waals surface area (Å²) >= 11 is 0. The molecule has 0 spiro atoms. The van der Waals surface area contributed by atoms with Gasteiger partial charge in [0.2, 0.25) is 0 Å². The zero-order valence-corrected chi connectivity index (χ0v) is 13.1. The van der Waals surface area contributed by atoms with Crippen molar-refractivity contribution in [3.05, 3.63) is 0 Å². The quantitative estimate of drug-likeness (QED) is 0.835. The van der Waals surface area contributed by atoms with E-state index in [-0.39, 0.29) is 17.7 Å². The largest absolute Gasteiger partial charge is 0.444 e. The van der Waals surface area contributed by atoms with E-state index >= 15 is 0 Å². The molecule has 5 nitrogen and oxygen atoms in total. The van der Waals surface area contributed by atoms with Gasteiger partial charge in [0.15, 0.2) is 0 Å². The molecule has 1 fully saturated rings. The van der Waals surface area contributed by atoms with Crippen LogP contribution >= 0.6 is 0 Å². The lowest BCUT2D eigenvalue weighted by Crippen LogP contribution is -2.54. The van der Waals surface area contributed by atoms with Gasteiger partial charge in [0.1, 0.15) is 5.60 Å². The Balaban J connectivity index is 2.35. The van der Waals surface area contributed by atoms with E-state index in [1.807, 2.05) is 20.8 Å². The predicted molar refractivity (Wildman–Crippen MR) is 75.3 cm³/mol. The van der Waals surface area contributed by atoms with Gasteiger partial charge < -0.3 is 14.8 Å². The van der Waals surface area contributed by atoms with Crippen molar-refractivity contribution in [3.8, 4) is 0 Å². The number of nitrogens with zero attached hydrogens (tertiary/aromatic N) is 1. The van der Waals surface area contributed by atoms with Crippen LogP contribution in [0.25, 0.3) is 0 Å². The number of carbonyl (C=O) groups is 1. The van der Waals surface area contributed by atoms with Crippen LogP contribution in [-0.4, -0.2) is 54.5 Å². The second-order valence-corrected chi connectivity index (χ2v) is 6.99. The smallest absolute Gasteiger partial charge is 0.407 e. The number of alkyl carbamates (subject to hydrolysis) is 1. The molecule has 0 radical (unpaired) electrons. The van der Waals surface area contributed by atoms with E-state index in [1.165, 1.54) is 0 Å². The molecule has 1 rings (SSSR count). The molecule has 1 saturated heterocycles. The molecular formula is C14H28N2O3. The van der Waals surface area contributed by atoms with Crippen LogP contribution in [0.1, 0.15) is 41.5 Å². The first-order chi connectivity index (χ1) is 8.58. The van der Waals surface area contributed by atoms with Crippen LogP contribution in [0.15, 0.2) is 0 Å². The molecule has 0 saturated carbocycles. The van der Waals surface area contributed by atoms with Crippen LogP contribution in [0.4, 0.5) is 4.79 Å². The average molecular weight is 272 g/mol. The lowest BCUT2D eigenvalue weighted by molar-refractivity contribution is -0.0569. The summed E-state index contributed by atoms with van der Waals surface area (Å²) in [6.07, 6.45) is -0.357. The Kier molecular flexibility index (Phi) is 5.21. The van der Waals surface area contributed by atoms with Crippen molar-refractivity contribution in [1.82, 2.24) is 10.2 Å². The summed E-state index contributed by atoms with van der Waals surface area (Å²) in [5.41, 5.74) is -0.330. The van der Waals surface area contributed by atoms with Gasteiger partial charge in [-0.3, -0.25) is 4.90 Å². The molecule has 112 valence electrons. The van der Waals surface area contributed by atoms with Gasteiger partial charge in [-0.1, -0.05) is 0 Å². The van der Waals surface area contributed by atoms with Crippen LogP contribution in [-0.2, 0) is 9.47 Å². The van der Waals surface area contributed by atoms with Gasteiger partial charge in [-0.2, -0.15) is 0 Å². The number of morpholine rings is 1. The minimum atomic E-state index is -0.463. The van der Waals surface area contributed by atoms with Crippen molar-refractivity contribution in [2.75, 3.05) is 26.2 Å². The van der Waals surface area contributed by atoms with Crippen molar-refractivity contribution in [3.63, 3.8) is 0 Å². The Bertz CT molecular complexity index is 305. The van der Waals surface area contributed by atoms with Crippen molar-refractivity contribution < 1.29 is 14.3 Å².